The number of rotatable bonds is 12. The molecule has 0 saturated heterocycles. The summed E-state index contributed by atoms with van der Waals surface area (Å²) in [5, 5.41) is 0. The molecule has 0 N–H and O–H groups in total. The molecule has 0 aliphatic rings. The van der Waals surface area contributed by atoms with E-state index in [0.717, 1.165) is 6.42 Å². The van der Waals surface area contributed by atoms with Gasteiger partial charge >= 0.3 is 11.9 Å². The van der Waals surface area contributed by atoms with Crippen LogP contribution in [0.25, 0.3) is 0 Å². The topological polar surface area (TPSA) is 102 Å². The van der Waals surface area contributed by atoms with Gasteiger partial charge in [0.25, 0.3) is 0 Å². The van der Waals surface area contributed by atoms with Gasteiger partial charge in [-0.25, -0.2) is 9.59 Å². The second-order valence-electron chi connectivity index (χ2n) is 5.75. The highest BCUT2D eigenvalue weighted by molar-refractivity contribution is 5.94. The minimum atomic E-state index is -0.802. The molecule has 0 amide bonds. The summed E-state index contributed by atoms with van der Waals surface area (Å²) in [6, 6.07) is 0. The smallest absolute Gasteiger partial charge is 0.359 e. The van der Waals surface area contributed by atoms with Crippen molar-refractivity contribution in [2.24, 2.45) is 0 Å². The molecule has 158 valence electrons. The molecule has 28 heavy (non-hydrogen) atoms. The zero-order valence-corrected chi connectivity index (χ0v) is 17.1. The highest BCUT2D eigenvalue weighted by atomic mass is 16.7. The van der Waals surface area contributed by atoms with Crippen LogP contribution >= 0.6 is 0 Å². The van der Waals surface area contributed by atoms with Gasteiger partial charge in [-0.1, -0.05) is 13.3 Å². The molecular weight excluding hydrogens is 370 g/mol. The Kier molecular flexibility index (Phi) is 10.3. The molecule has 0 aliphatic carbocycles. The number of nitrogens with zero attached hydrogens (tertiary/aromatic N) is 1. The third kappa shape index (κ3) is 6.07. The molecule has 0 saturated carbocycles. The number of aromatic nitrogens is 1. The van der Waals surface area contributed by atoms with Crippen LogP contribution in [0.2, 0.25) is 0 Å². The van der Waals surface area contributed by atoms with E-state index in [9.17, 15) is 14.4 Å². The first-order valence-corrected chi connectivity index (χ1v) is 9.24. The van der Waals surface area contributed by atoms with Gasteiger partial charge < -0.3 is 28.3 Å². The fourth-order valence-corrected chi connectivity index (χ4v) is 2.41. The van der Waals surface area contributed by atoms with Crippen molar-refractivity contribution in [2.75, 3.05) is 34.0 Å². The van der Waals surface area contributed by atoms with Crippen molar-refractivity contribution in [3.8, 4) is 5.75 Å². The summed E-state index contributed by atoms with van der Waals surface area (Å²) in [5.74, 6) is -1.79. The van der Waals surface area contributed by atoms with E-state index in [4.69, 9.17) is 23.7 Å². The van der Waals surface area contributed by atoms with Gasteiger partial charge in [-0.3, -0.25) is 4.79 Å². The van der Waals surface area contributed by atoms with Crippen molar-refractivity contribution in [3.05, 3.63) is 27.7 Å². The molecule has 0 aliphatic heterocycles. The lowest BCUT2D eigenvalue weighted by atomic mass is 10.2. The maximum Gasteiger partial charge on any atom is 0.359 e. The van der Waals surface area contributed by atoms with Gasteiger partial charge in [-0.15, -0.1) is 0 Å². The predicted octanol–water partition coefficient (Wildman–Crippen LogP) is 2.00. The molecular formula is C19H29NO8. The molecule has 0 atom stereocenters. The zero-order chi connectivity index (χ0) is 21.1. The molecule has 9 heteroatoms. The van der Waals surface area contributed by atoms with Crippen LogP contribution in [-0.4, -0.2) is 56.8 Å². The lowest BCUT2D eigenvalue weighted by Crippen LogP contribution is -2.31. The first-order chi connectivity index (χ1) is 13.4. The number of carbonyl (C=O) groups excluding carboxylic acids is 2. The SMILES string of the molecule is CCCCOc1c(C(=O)OCC)n(CC(OC)OC)cc(C(=O)OCC)c1=O. The number of methoxy groups -OCH3 is 2. The minimum absolute atomic E-state index is 0.0258. The van der Waals surface area contributed by atoms with Crippen LogP contribution in [0.4, 0.5) is 0 Å². The number of hydrogen-bond acceptors (Lipinski definition) is 8. The highest BCUT2D eigenvalue weighted by Crippen LogP contribution is 2.19. The number of ether oxygens (including phenoxy) is 5. The fourth-order valence-electron chi connectivity index (χ4n) is 2.41. The number of esters is 2. The molecule has 0 radical (unpaired) electrons. The van der Waals surface area contributed by atoms with Gasteiger partial charge in [0.1, 0.15) is 5.56 Å². The molecule has 1 heterocycles. The van der Waals surface area contributed by atoms with E-state index < -0.39 is 23.7 Å². The second-order valence-corrected chi connectivity index (χ2v) is 5.75. The van der Waals surface area contributed by atoms with Gasteiger partial charge in [0.2, 0.25) is 5.43 Å². The Morgan fingerprint density at radius 3 is 2.18 bits per heavy atom. The molecule has 0 bridgehead atoms. The molecule has 1 aromatic heterocycles. The van der Waals surface area contributed by atoms with Crippen LogP contribution in [0.3, 0.4) is 0 Å². The molecule has 1 rings (SSSR count). The predicted molar refractivity (Wildman–Crippen MR) is 101 cm³/mol. The first-order valence-electron chi connectivity index (χ1n) is 9.24. The Labute approximate surface area is 164 Å². The molecule has 0 fully saturated rings. The summed E-state index contributed by atoms with van der Waals surface area (Å²) < 4.78 is 27.4. The monoisotopic (exact) mass is 399 g/mol. The molecule has 9 nitrogen and oxygen atoms in total. The van der Waals surface area contributed by atoms with E-state index in [1.807, 2.05) is 6.92 Å². The summed E-state index contributed by atoms with van der Waals surface area (Å²) >= 11 is 0. The van der Waals surface area contributed by atoms with E-state index in [1.165, 1.54) is 25.0 Å². The van der Waals surface area contributed by atoms with Crippen molar-refractivity contribution in [2.45, 2.75) is 46.4 Å². The van der Waals surface area contributed by atoms with Gasteiger partial charge in [0.05, 0.1) is 26.4 Å². The average Bonchev–Trinajstić information content (AvgIpc) is 2.68. The number of hydrogen-bond donors (Lipinski definition) is 0. The third-order valence-electron chi connectivity index (χ3n) is 3.82. The molecule has 0 unspecified atom stereocenters. The number of unbranched alkanes of at least 4 members (excludes halogenated alkanes) is 1. The number of carbonyl (C=O) groups is 2. The summed E-state index contributed by atoms with van der Waals surface area (Å²) in [6.45, 7) is 5.69. The normalized spacial score (nSPS) is 10.8. The van der Waals surface area contributed by atoms with Crippen molar-refractivity contribution in [3.63, 3.8) is 0 Å². The lowest BCUT2D eigenvalue weighted by molar-refractivity contribution is -0.111. The van der Waals surface area contributed by atoms with E-state index in [-0.39, 0.29) is 43.4 Å². The Bertz CT molecular complexity index is 709. The lowest BCUT2D eigenvalue weighted by Gasteiger charge is -2.21. The Balaban J connectivity index is 3.63. The summed E-state index contributed by atoms with van der Waals surface area (Å²) in [4.78, 5) is 37.7. The van der Waals surface area contributed by atoms with E-state index in [1.54, 1.807) is 13.8 Å². The first kappa shape index (κ1) is 23.6. The number of pyridine rings is 1. The second kappa shape index (κ2) is 12.1. The standard InChI is InChI=1S/C19H29NO8/c1-6-9-10-28-17-15(19(23)27-8-3)20(12-14(24-4)25-5)11-13(16(17)21)18(22)26-7-2/h11,14H,6-10,12H2,1-5H3. The van der Waals surface area contributed by atoms with Gasteiger partial charge in [-0.2, -0.15) is 0 Å². The van der Waals surface area contributed by atoms with Crippen LogP contribution in [-0.2, 0) is 25.5 Å². The minimum Gasteiger partial charge on any atom is -0.487 e. The molecule has 0 spiro atoms. The Hall–Kier alpha value is -2.39. The summed E-state index contributed by atoms with van der Waals surface area (Å²) in [7, 11) is 2.87. The Morgan fingerprint density at radius 1 is 1.04 bits per heavy atom. The maximum absolute atomic E-state index is 12.9. The van der Waals surface area contributed by atoms with Crippen molar-refractivity contribution < 1.29 is 33.3 Å². The van der Waals surface area contributed by atoms with Crippen LogP contribution in [0.15, 0.2) is 11.0 Å². The van der Waals surface area contributed by atoms with Gasteiger partial charge in [0, 0.05) is 20.4 Å². The molecule has 1 aromatic rings. The van der Waals surface area contributed by atoms with E-state index >= 15 is 0 Å². The van der Waals surface area contributed by atoms with E-state index in [0.29, 0.717) is 6.42 Å². The Morgan fingerprint density at radius 2 is 1.64 bits per heavy atom. The largest absolute Gasteiger partial charge is 0.487 e. The summed E-state index contributed by atoms with van der Waals surface area (Å²) in [6.07, 6.45) is 2.01. The quantitative estimate of drug-likeness (QED) is 0.299. The average molecular weight is 399 g/mol. The fraction of sp³-hybridized carbons (Fsp3) is 0.632. The molecule has 0 aromatic carbocycles. The van der Waals surface area contributed by atoms with Crippen molar-refractivity contribution in [1.82, 2.24) is 4.57 Å². The van der Waals surface area contributed by atoms with Crippen LogP contribution in [0, 0.1) is 0 Å². The van der Waals surface area contributed by atoms with E-state index in [2.05, 4.69) is 0 Å². The van der Waals surface area contributed by atoms with Gasteiger partial charge in [0.15, 0.2) is 17.7 Å². The van der Waals surface area contributed by atoms with Crippen LogP contribution in [0.1, 0.15) is 54.5 Å². The maximum atomic E-state index is 12.9. The third-order valence-corrected chi connectivity index (χ3v) is 3.82. The van der Waals surface area contributed by atoms with Crippen LogP contribution < -0.4 is 10.2 Å². The van der Waals surface area contributed by atoms with Crippen molar-refractivity contribution in [1.29, 1.82) is 0 Å². The summed E-state index contributed by atoms with van der Waals surface area (Å²) in [5.41, 5.74) is -1.07. The van der Waals surface area contributed by atoms with Crippen LogP contribution in [0.5, 0.6) is 5.75 Å². The van der Waals surface area contributed by atoms with Crippen molar-refractivity contribution >= 4 is 11.9 Å². The van der Waals surface area contributed by atoms with Gasteiger partial charge in [-0.05, 0) is 20.3 Å². The zero-order valence-electron chi connectivity index (χ0n) is 17.1. The highest BCUT2D eigenvalue weighted by Gasteiger charge is 2.28.